The van der Waals surface area contributed by atoms with E-state index in [1.807, 2.05) is 0 Å². The van der Waals surface area contributed by atoms with E-state index in [0.29, 0.717) is 0 Å². The standard InChI is InChI=1S/3C4H9.Eu/c3*1-3-4-2;/h3*1,3-4H2,2H3;/q3*-1;+3. The van der Waals surface area contributed by atoms with Crippen molar-refractivity contribution in [2.24, 2.45) is 0 Å². The fourth-order valence-corrected chi connectivity index (χ4v) is 0. The summed E-state index contributed by atoms with van der Waals surface area (Å²) in [5.41, 5.74) is 0. The molecule has 0 unspecified atom stereocenters. The summed E-state index contributed by atoms with van der Waals surface area (Å²) in [4.78, 5) is 0. The van der Waals surface area contributed by atoms with Crippen LogP contribution in [0, 0.1) is 70.1 Å². The maximum atomic E-state index is 3.60. The molecule has 0 amide bonds. The van der Waals surface area contributed by atoms with Crippen LogP contribution in [-0.4, -0.2) is 0 Å². The molecule has 0 bridgehead atoms. The van der Waals surface area contributed by atoms with Crippen molar-refractivity contribution in [2.45, 2.75) is 59.3 Å². The van der Waals surface area contributed by atoms with Gasteiger partial charge in [-0.05, 0) is 0 Å². The second kappa shape index (κ2) is 37.4. The first kappa shape index (κ1) is 24.0. The Morgan fingerprint density at radius 3 is 0.692 bits per heavy atom. The summed E-state index contributed by atoms with van der Waals surface area (Å²) in [6, 6.07) is 0. The first-order valence-electron chi connectivity index (χ1n) is 5.12. The van der Waals surface area contributed by atoms with E-state index < -0.39 is 0 Å². The van der Waals surface area contributed by atoms with Crippen molar-refractivity contribution in [1.29, 1.82) is 0 Å². The van der Waals surface area contributed by atoms with Crippen molar-refractivity contribution in [3.63, 3.8) is 0 Å². The predicted molar refractivity (Wildman–Crippen MR) is 60.8 cm³/mol. The SMILES string of the molecule is [CH2-]CCC.[CH2-]CCC.[CH2-]CCC.[Eu+3]. The summed E-state index contributed by atoms with van der Waals surface area (Å²) in [5.74, 6) is 0. The molecule has 0 radical (unpaired) electrons. The molecule has 0 aliphatic rings. The van der Waals surface area contributed by atoms with E-state index in [1.54, 1.807) is 0 Å². The molecule has 0 aliphatic carbocycles. The molecule has 0 aromatic rings. The third-order valence-electron chi connectivity index (χ3n) is 1.06. The van der Waals surface area contributed by atoms with E-state index in [9.17, 15) is 0 Å². The van der Waals surface area contributed by atoms with Crippen LogP contribution < -0.4 is 0 Å². The normalized spacial score (nSPS) is 6.92. The van der Waals surface area contributed by atoms with Gasteiger partial charge in [0.1, 0.15) is 0 Å². The largest absolute Gasteiger partial charge is 3.00 e. The van der Waals surface area contributed by atoms with Gasteiger partial charge in [-0.25, -0.2) is 0 Å². The van der Waals surface area contributed by atoms with Crippen molar-refractivity contribution in [3.8, 4) is 0 Å². The third kappa shape index (κ3) is 86.7. The Balaban J connectivity index is -0.0000000450. The zero-order chi connectivity index (χ0) is 10.2. The minimum absolute atomic E-state index is 0. The van der Waals surface area contributed by atoms with Crippen LogP contribution in [0.3, 0.4) is 0 Å². The minimum atomic E-state index is 0. The van der Waals surface area contributed by atoms with Gasteiger partial charge in [0.25, 0.3) is 0 Å². The summed E-state index contributed by atoms with van der Waals surface area (Å²) in [7, 11) is 0. The van der Waals surface area contributed by atoms with Crippen LogP contribution in [0.2, 0.25) is 0 Å². The summed E-state index contributed by atoms with van der Waals surface area (Å²) in [5, 5.41) is 0. The van der Waals surface area contributed by atoms with Crippen molar-refractivity contribution in [1.82, 2.24) is 0 Å². The quantitative estimate of drug-likeness (QED) is 0.651. The molecule has 13 heavy (non-hydrogen) atoms. The van der Waals surface area contributed by atoms with Crippen molar-refractivity contribution < 1.29 is 49.4 Å². The van der Waals surface area contributed by atoms with Crippen LogP contribution in [0.5, 0.6) is 0 Å². The molecule has 0 nitrogen and oxygen atoms in total. The molecule has 0 atom stereocenters. The van der Waals surface area contributed by atoms with Gasteiger partial charge in [0, 0.05) is 0 Å². The molecule has 0 heterocycles. The Morgan fingerprint density at radius 2 is 0.692 bits per heavy atom. The smallest absolute Gasteiger partial charge is 0.343 e. The zero-order valence-corrected chi connectivity index (χ0v) is 12.2. The van der Waals surface area contributed by atoms with E-state index >= 15 is 0 Å². The number of rotatable bonds is 3. The van der Waals surface area contributed by atoms with E-state index in [4.69, 9.17) is 0 Å². The Labute approximate surface area is 128 Å². The molecule has 0 aromatic heterocycles. The van der Waals surface area contributed by atoms with E-state index in [2.05, 4.69) is 41.5 Å². The second-order valence-corrected chi connectivity index (χ2v) is 2.56. The average Bonchev–Trinajstić information content (AvgIpc) is 2.18. The van der Waals surface area contributed by atoms with Gasteiger partial charge >= 0.3 is 49.4 Å². The van der Waals surface area contributed by atoms with Crippen molar-refractivity contribution in [3.05, 3.63) is 20.8 Å². The summed E-state index contributed by atoms with van der Waals surface area (Å²) in [6.07, 6.45) is 6.83. The number of hydrogen-bond donors (Lipinski definition) is 0. The molecule has 0 saturated heterocycles. The Morgan fingerprint density at radius 1 is 0.615 bits per heavy atom. The maximum Gasteiger partial charge on any atom is 3.00 e. The average molecular weight is 323 g/mol. The van der Waals surface area contributed by atoms with Gasteiger partial charge in [-0.15, -0.1) is 0 Å². The van der Waals surface area contributed by atoms with Gasteiger partial charge < -0.3 is 20.8 Å². The van der Waals surface area contributed by atoms with E-state index in [-0.39, 0.29) is 49.4 Å². The van der Waals surface area contributed by atoms with Gasteiger partial charge in [0.2, 0.25) is 0 Å². The fraction of sp³-hybridized carbons (Fsp3) is 0.750. The summed E-state index contributed by atoms with van der Waals surface area (Å²) in [6.45, 7) is 17.2. The third-order valence-corrected chi connectivity index (χ3v) is 1.06. The molecule has 0 aromatic carbocycles. The first-order valence-corrected chi connectivity index (χ1v) is 5.12. The molecule has 0 saturated carbocycles. The summed E-state index contributed by atoms with van der Waals surface area (Å²) < 4.78 is 0. The van der Waals surface area contributed by atoms with E-state index in [0.717, 1.165) is 19.3 Å². The van der Waals surface area contributed by atoms with E-state index in [1.165, 1.54) is 19.3 Å². The summed E-state index contributed by atoms with van der Waals surface area (Å²) >= 11 is 0. The number of unbranched alkanes of at least 4 members (excludes halogenated alkanes) is 3. The molecular formula is C12H27Eu. The van der Waals surface area contributed by atoms with Crippen LogP contribution in [0.1, 0.15) is 59.3 Å². The Hall–Kier alpha value is 1.58. The molecule has 0 N–H and O–H groups in total. The fourth-order valence-electron chi connectivity index (χ4n) is 0. The van der Waals surface area contributed by atoms with Crippen molar-refractivity contribution in [2.75, 3.05) is 0 Å². The Bertz CT molecular complexity index is 20.6. The monoisotopic (exact) mass is 324 g/mol. The van der Waals surface area contributed by atoms with Gasteiger partial charge in [-0.3, -0.25) is 0 Å². The van der Waals surface area contributed by atoms with Crippen LogP contribution in [0.15, 0.2) is 0 Å². The van der Waals surface area contributed by atoms with Crippen LogP contribution in [-0.2, 0) is 0 Å². The molecule has 1 heteroatoms. The predicted octanol–water partition coefficient (Wildman–Crippen LogP) is 4.86. The van der Waals surface area contributed by atoms with Gasteiger partial charge in [-0.1, -0.05) is 40.0 Å². The molecule has 0 spiro atoms. The van der Waals surface area contributed by atoms with Crippen LogP contribution in [0.4, 0.5) is 0 Å². The van der Waals surface area contributed by atoms with Gasteiger partial charge in [-0.2, -0.15) is 19.3 Å². The van der Waals surface area contributed by atoms with Crippen LogP contribution >= 0.6 is 0 Å². The molecular weight excluding hydrogens is 296 g/mol. The Kier molecular flexibility index (Phi) is 69.1. The molecule has 82 valence electrons. The van der Waals surface area contributed by atoms with Gasteiger partial charge in [0.15, 0.2) is 0 Å². The second-order valence-electron chi connectivity index (χ2n) is 2.56. The minimum Gasteiger partial charge on any atom is -0.343 e. The van der Waals surface area contributed by atoms with Crippen LogP contribution in [0.25, 0.3) is 0 Å². The number of hydrogen-bond acceptors (Lipinski definition) is 0. The molecule has 0 fully saturated rings. The molecule has 0 aliphatic heterocycles. The first-order chi connectivity index (χ1) is 5.74. The molecule has 0 rings (SSSR count). The van der Waals surface area contributed by atoms with Crippen molar-refractivity contribution >= 4 is 0 Å². The zero-order valence-electron chi connectivity index (χ0n) is 9.74. The topological polar surface area (TPSA) is 0 Å². The maximum absolute atomic E-state index is 3.60. The van der Waals surface area contributed by atoms with Gasteiger partial charge in [0.05, 0.1) is 0 Å².